The van der Waals surface area contributed by atoms with Crippen molar-refractivity contribution in [3.8, 4) is 0 Å². The van der Waals surface area contributed by atoms with Gasteiger partial charge in [0.2, 0.25) is 23.6 Å². The monoisotopic (exact) mass is 569 g/mol. The van der Waals surface area contributed by atoms with E-state index in [0.29, 0.717) is 32.2 Å². The van der Waals surface area contributed by atoms with E-state index in [4.69, 9.17) is 10.5 Å². The van der Waals surface area contributed by atoms with Gasteiger partial charge in [0, 0.05) is 19.7 Å². The fourth-order valence-electron chi connectivity index (χ4n) is 4.27. The van der Waals surface area contributed by atoms with Crippen LogP contribution in [0.2, 0.25) is 0 Å². The van der Waals surface area contributed by atoms with Crippen molar-refractivity contribution in [3.63, 3.8) is 0 Å². The van der Waals surface area contributed by atoms with E-state index in [1.807, 2.05) is 13.8 Å². The van der Waals surface area contributed by atoms with E-state index in [1.165, 1.54) is 25.1 Å². The topological polar surface area (TPSA) is 184 Å². The lowest BCUT2D eigenvalue weighted by atomic mass is 10.0. The van der Waals surface area contributed by atoms with Gasteiger partial charge in [0.05, 0.1) is 7.11 Å². The van der Waals surface area contributed by atoms with Crippen LogP contribution in [0.25, 0.3) is 0 Å². The minimum atomic E-state index is -0.931. The second-order valence-corrected chi connectivity index (χ2v) is 10.7. The predicted octanol–water partition coefficient (Wildman–Crippen LogP) is -0.0740. The number of thiocarbonyl (C=S) groups is 1. The highest BCUT2D eigenvalue weighted by Gasteiger charge is 2.40. The fraction of sp³-hybridized carbons (Fsp3) is 0.720. The fourth-order valence-corrected chi connectivity index (χ4v) is 4.33. The van der Waals surface area contributed by atoms with Crippen molar-refractivity contribution in [2.24, 2.45) is 22.7 Å². The first-order chi connectivity index (χ1) is 18.3. The van der Waals surface area contributed by atoms with Crippen LogP contribution < -0.4 is 27.1 Å². The third kappa shape index (κ3) is 11.5. The van der Waals surface area contributed by atoms with Gasteiger partial charge in [-0.2, -0.15) is 5.10 Å². The number of carbonyl (C=O) groups excluding carboxylic acids is 5. The summed E-state index contributed by atoms with van der Waals surface area (Å²) < 4.78 is 4.83. The Balaban J connectivity index is 2.98. The number of nitrogens with zero attached hydrogens (tertiary/aromatic N) is 2. The number of ether oxygens (including phenoxy) is 1. The predicted molar refractivity (Wildman–Crippen MR) is 150 cm³/mol. The molecule has 0 bridgehead atoms. The minimum absolute atomic E-state index is 0.00432. The van der Waals surface area contributed by atoms with E-state index >= 15 is 0 Å². The Morgan fingerprint density at radius 1 is 1.10 bits per heavy atom. The number of esters is 1. The molecule has 0 aliphatic carbocycles. The molecule has 1 rings (SSSR count). The SMILES string of the molecule is COC(=O)[C@H](CC(C)C)NC(=O)[C@@H]1CCCN1C(=O)[C@@H](NC(=O)[C@H](CC/C=N\NC(N)=S)NC(C)=O)C(C)C. The molecule has 1 saturated heterocycles. The molecule has 0 aromatic heterocycles. The number of likely N-dealkylation sites (tertiary alicyclic amines) is 1. The van der Waals surface area contributed by atoms with Gasteiger partial charge in [-0.3, -0.25) is 24.6 Å². The number of methoxy groups -OCH3 is 1. The van der Waals surface area contributed by atoms with Crippen LogP contribution in [0.5, 0.6) is 0 Å². The molecule has 1 aliphatic heterocycles. The summed E-state index contributed by atoms with van der Waals surface area (Å²) in [6, 6.07) is -3.45. The molecule has 0 aromatic rings. The standard InChI is InChI=1S/C25H43N7O6S/c1-14(2)13-18(24(37)38-6)29-22(35)19-10-8-12-32(19)23(36)20(15(3)4)30-21(34)17(28-16(5)33)9-7-11-27-31-25(26)39/h11,14-15,17-20H,7-10,12-13H2,1-6H3,(H,28,33)(H,29,35)(H,30,34)(H3,26,31,39)/b27-11-/t17-,18-,19-,20-/m0/s1. The number of nitrogens with one attached hydrogen (secondary N) is 4. The molecular formula is C25H43N7O6S. The lowest BCUT2D eigenvalue weighted by molar-refractivity contribution is -0.147. The van der Waals surface area contributed by atoms with Gasteiger partial charge in [-0.15, -0.1) is 0 Å². The van der Waals surface area contributed by atoms with E-state index in [-0.39, 0.29) is 23.4 Å². The molecule has 0 saturated carbocycles. The molecule has 0 spiro atoms. The Bertz CT molecular complexity index is 927. The molecule has 4 amide bonds. The largest absolute Gasteiger partial charge is 0.467 e. The molecule has 0 aromatic carbocycles. The molecule has 14 heteroatoms. The van der Waals surface area contributed by atoms with Gasteiger partial charge in [0.25, 0.3) is 0 Å². The van der Waals surface area contributed by atoms with Crippen LogP contribution in [0.3, 0.4) is 0 Å². The summed E-state index contributed by atoms with van der Waals surface area (Å²) in [6.07, 6.45) is 3.44. The normalized spacial score (nSPS) is 17.4. The van der Waals surface area contributed by atoms with E-state index in [2.05, 4.69) is 38.7 Å². The number of amides is 4. The van der Waals surface area contributed by atoms with Crippen LogP contribution in [0.4, 0.5) is 0 Å². The van der Waals surface area contributed by atoms with Gasteiger partial charge in [0.1, 0.15) is 24.2 Å². The third-order valence-corrected chi connectivity index (χ3v) is 6.21. The number of nitrogens with two attached hydrogens (primary N) is 1. The van der Waals surface area contributed by atoms with Crippen LogP contribution in [0.15, 0.2) is 5.10 Å². The van der Waals surface area contributed by atoms with Crippen LogP contribution in [0, 0.1) is 11.8 Å². The Labute approximate surface area is 235 Å². The molecule has 4 atom stereocenters. The van der Waals surface area contributed by atoms with Crippen LogP contribution >= 0.6 is 12.2 Å². The zero-order valence-electron chi connectivity index (χ0n) is 23.6. The van der Waals surface area contributed by atoms with Crippen molar-refractivity contribution in [2.45, 2.75) is 90.9 Å². The molecule has 1 heterocycles. The van der Waals surface area contributed by atoms with E-state index < -0.39 is 53.8 Å². The quantitative estimate of drug-likeness (QED) is 0.0826. The summed E-state index contributed by atoms with van der Waals surface area (Å²) in [6.45, 7) is 9.05. The molecule has 13 nitrogen and oxygen atoms in total. The third-order valence-electron chi connectivity index (χ3n) is 6.12. The van der Waals surface area contributed by atoms with Crippen molar-refractivity contribution in [1.29, 1.82) is 0 Å². The lowest BCUT2D eigenvalue weighted by Gasteiger charge is -2.32. The molecule has 0 radical (unpaired) electrons. The van der Waals surface area contributed by atoms with Crippen LogP contribution in [-0.2, 0) is 28.7 Å². The average Bonchev–Trinajstić information content (AvgIpc) is 3.34. The Kier molecular flexibility index (Phi) is 14.4. The zero-order chi connectivity index (χ0) is 29.7. The van der Waals surface area contributed by atoms with Crippen molar-refractivity contribution in [2.75, 3.05) is 13.7 Å². The number of hydrogen-bond donors (Lipinski definition) is 5. The van der Waals surface area contributed by atoms with Gasteiger partial charge in [-0.1, -0.05) is 27.7 Å². The zero-order valence-corrected chi connectivity index (χ0v) is 24.4. The smallest absolute Gasteiger partial charge is 0.328 e. The summed E-state index contributed by atoms with van der Waals surface area (Å²) in [5.74, 6) is -2.49. The molecule has 39 heavy (non-hydrogen) atoms. The second-order valence-electron chi connectivity index (χ2n) is 10.3. The maximum Gasteiger partial charge on any atom is 0.328 e. The van der Waals surface area contributed by atoms with Gasteiger partial charge in [-0.05, 0) is 56.2 Å². The van der Waals surface area contributed by atoms with Crippen molar-refractivity contribution in [3.05, 3.63) is 0 Å². The molecule has 6 N–H and O–H groups in total. The van der Waals surface area contributed by atoms with Gasteiger partial charge >= 0.3 is 5.97 Å². The molecular weight excluding hydrogens is 526 g/mol. The maximum atomic E-state index is 13.6. The Morgan fingerprint density at radius 2 is 1.77 bits per heavy atom. The molecule has 1 fully saturated rings. The number of rotatable bonds is 14. The minimum Gasteiger partial charge on any atom is -0.467 e. The molecule has 0 unspecified atom stereocenters. The van der Waals surface area contributed by atoms with Crippen molar-refractivity contribution >= 4 is 53.1 Å². The Hall–Kier alpha value is -3.29. The summed E-state index contributed by atoms with van der Waals surface area (Å²) >= 11 is 4.67. The van der Waals surface area contributed by atoms with E-state index in [1.54, 1.807) is 13.8 Å². The van der Waals surface area contributed by atoms with Crippen molar-refractivity contribution < 1.29 is 28.7 Å². The number of hydrogen-bond acceptors (Lipinski definition) is 8. The summed E-state index contributed by atoms with van der Waals surface area (Å²) in [7, 11) is 1.26. The van der Waals surface area contributed by atoms with Crippen LogP contribution in [0.1, 0.15) is 66.7 Å². The molecule has 220 valence electrons. The summed E-state index contributed by atoms with van der Waals surface area (Å²) in [4.78, 5) is 65.2. The first kappa shape index (κ1) is 33.7. The van der Waals surface area contributed by atoms with Crippen LogP contribution in [-0.4, -0.2) is 83.6 Å². The highest BCUT2D eigenvalue weighted by molar-refractivity contribution is 7.80. The van der Waals surface area contributed by atoms with Crippen molar-refractivity contribution in [1.82, 2.24) is 26.3 Å². The second kappa shape index (κ2) is 16.6. The maximum absolute atomic E-state index is 13.6. The summed E-state index contributed by atoms with van der Waals surface area (Å²) in [5, 5.41) is 11.9. The number of carbonyl (C=O) groups is 5. The van der Waals surface area contributed by atoms with E-state index in [9.17, 15) is 24.0 Å². The number of hydrazone groups is 1. The highest BCUT2D eigenvalue weighted by atomic mass is 32.1. The summed E-state index contributed by atoms with van der Waals surface area (Å²) in [5.41, 5.74) is 7.71. The first-order valence-corrected chi connectivity index (χ1v) is 13.5. The Morgan fingerprint density at radius 3 is 2.31 bits per heavy atom. The highest BCUT2D eigenvalue weighted by Crippen LogP contribution is 2.21. The van der Waals surface area contributed by atoms with Gasteiger partial charge < -0.3 is 31.3 Å². The molecule has 1 aliphatic rings. The first-order valence-electron chi connectivity index (χ1n) is 13.1. The van der Waals surface area contributed by atoms with Gasteiger partial charge in [0.15, 0.2) is 5.11 Å². The average molecular weight is 570 g/mol. The van der Waals surface area contributed by atoms with Gasteiger partial charge in [-0.25, -0.2) is 4.79 Å². The van der Waals surface area contributed by atoms with E-state index in [0.717, 1.165) is 0 Å². The lowest BCUT2D eigenvalue weighted by Crippen LogP contribution is -2.58.